The maximum atomic E-state index is 13.9. The second-order valence-electron chi connectivity index (χ2n) is 5.93. The quantitative estimate of drug-likeness (QED) is 0.638. The molecule has 5 nitrogen and oxygen atoms in total. The van der Waals surface area contributed by atoms with E-state index in [-0.39, 0.29) is 23.0 Å². The summed E-state index contributed by atoms with van der Waals surface area (Å²) in [6.07, 6.45) is 2.07. The number of carbonyl (C=O) groups excluding carboxylic acids is 2. The van der Waals surface area contributed by atoms with Crippen LogP contribution in [0.5, 0.6) is 0 Å². The zero-order chi connectivity index (χ0) is 18.7. The number of nitrogens with one attached hydrogen (secondary N) is 3. The van der Waals surface area contributed by atoms with E-state index in [1.807, 2.05) is 24.3 Å². The van der Waals surface area contributed by atoms with Crippen molar-refractivity contribution >= 4 is 40.0 Å². The molecule has 0 radical (unpaired) electrons. The number of carbonyl (C=O) groups is 2. The van der Waals surface area contributed by atoms with Gasteiger partial charge in [-0.1, -0.05) is 29.8 Å². The van der Waals surface area contributed by atoms with Gasteiger partial charge in [-0.3, -0.25) is 9.59 Å². The summed E-state index contributed by atoms with van der Waals surface area (Å²) in [7, 11) is 0. The molecule has 7 heteroatoms. The molecule has 3 aromatic rings. The van der Waals surface area contributed by atoms with Crippen molar-refractivity contribution in [1.29, 1.82) is 0 Å². The number of amides is 2. The fraction of sp³-hybridized carbons (Fsp3) is 0.158. The smallest absolute Gasteiger partial charge is 0.247 e. The average Bonchev–Trinajstić information content (AvgIpc) is 2.99. The van der Waals surface area contributed by atoms with E-state index in [1.54, 1.807) is 6.20 Å². The van der Waals surface area contributed by atoms with Crippen LogP contribution in [-0.4, -0.2) is 22.8 Å². The van der Waals surface area contributed by atoms with E-state index in [0.29, 0.717) is 0 Å². The Hall–Kier alpha value is -2.86. The van der Waals surface area contributed by atoms with Gasteiger partial charge in [0.05, 0.1) is 5.69 Å². The average molecular weight is 374 g/mol. The predicted octanol–water partition coefficient (Wildman–Crippen LogP) is 3.65. The molecule has 2 amide bonds. The lowest BCUT2D eigenvalue weighted by Gasteiger charge is -2.18. The Morgan fingerprint density at radius 2 is 2.00 bits per heavy atom. The minimum Gasteiger partial charge on any atom is -0.361 e. The molecule has 0 saturated heterocycles. The van der Waals surface area contributed by atoms with Gasteiger partial charge in [-0.15, -0.1) is 0 Å². The molecule has 0 aliphatic heterocycles. The van der Waals surface area contributed by atoms with Crippen LogP contribution in [0.15, 0.2) is 48.7 Å². The van der Waals surface area contributed by atoms with Crippen molar-refractivity contribution in [2.75, 3.05) is 5.32 Å². The number of hydrogen-bond donors (Lipinski definition) is 3. The maximum absolute atomic E-state index is 13.9. The van der Waals surface area contributed by atoms with E-state index < -0.39 is 17.8 Å². The molecule has 0 aliphatic rings. The number of hydrogen-bond acceptors (Lipinski definition) is 2. The topological polar surface area (TPSA) is 74.0 Å². The Morgan fingerprint density at radius 1 is 1.23 bits per heavy atom. The van der Waals surface area contributed by atoms with Crippen molar-refractivity contribution < 1.29 is 14.0 Å². The van der Waals surface area contributed by atoms with E-state index in [1.165, 1.54) is 19.1 Å². The van der Waals surface area contributed by atoms with Crippen molar-refractivity contribution in [3.63, 3.8) is 0 Å². The summed E-state index contributed by atoms with van der Waals surface area (Å²) in [5.74, 6) is -1.49. The van der Waals surface area contributed by atoms with Crippen molar-refractivity contribution in [3.05, 3.63) is 65.1 Å². The monoisotopic (exact) mass is 373 g/mol. The van der Waals surface area contributed by atoms with Gasteiger partial charge in [0, 0.05) is 35.5 Å². The molecule has 0 aliphatic carbocycles. The summed E-state index contributed by atoms with van der Waals surface area (Å²) in [6.45, 7) is 1.33. The minimum absolute atomic E-state index is 0.00804. The van der Waals surface area contributed by atoms with Crippen molar-refractivity contribution in [3.8, 4) is 0 Å². The predicted molar refractivity (Wildman–Crippen MR) is 99.6 cm³/mol. The standard InChI is InChI=1S/C19H17ClFN3O2/c1-11(25)23-18(8-12-10-22-16-5-3-2-4-14(12)16)19(26)24-17-7-6-13(20)9-15(17)21/h2-7,9-10,18,22H,8H2,1H3,(H,23,25)(H,24,26). The lowest BCUT2D eigenvalue weighted by Crippen LogP contribution is -2.44. The Balaban J connectivity index is 1.83. The summed E-state index contributed by atoms with van der Waals surface area (Å²) in [5, 5.41) is 6.33. The van der Waals surface area contributed by atoms with Gasteiger partial charge in [0.2, 0.25) is 11.8 Å². The highest BCUT2D eigenvalue weighted by molar-refractivity contribution is 6.30. The number of benzene rings is 2. The van der Waals surface area contributed by atoms with Crippen LogP contribution >= 0.6 is 11.6 Å². The molecule has 0 fully saturated rings. The van der Waals surface area contributed by atoms with Gasteiger partial charge in [0.15, 0.2) is 0 Å². The third-order valence-corrected chi connectivity index (χ3v) is 4.22. The highest BCUT2D eigenvalue weighted by atomic mass is 35.5. The fourth-order valence-electron chi connectivity index (χ4n) is 2.79. The van der Waals surface area contributed by atoms with Gasteiger partial charge in [-0.25, -0.2) is 4.39 Å². The second-order valence-corrected chi connectivity index (χ2v) is 6.37. The molecule has 0 bridgehead atoms. The van der Waals surface area contributed by atoms with Gasteiger partial charge in [0.1, 0.15) is 11.9 Å². The molecular weight excluding hydrogens is 357 g/mol. The highest BCUT2D eigenvalue weighted by Gasteiger charge is 2.22. The maximum Gasteiger partial charge on any atom is 0.247 e. The van der Waals surface area contributed by atoms with Crippen molar-refractivity contribution in [2.24, 2.45) is 0 Å². The summed E-state index contributed by atoms with van der Waals surface area (Å²) < 4.78 is 13.9. The van der Waals surface area contributed by atoms with Crippen LogP contribution in [-0.2, 0) is 16.0 Å². The van der Waals surface area contributed by atoms with Crippen LogP contribution in [0.4, 0.5) is 10.1 Å². The van der Waals surface area contributed by atoms with E-state index in [4.69, 9.17) is 11.6 Å². The summed E-state index contributed by atoms with van der Waals surface area (Å²) in [6, 6.07) is 10.8. The Bertz CT molecular complexity index is 970. The third-order valence-electron chi connectivity index (χ3n) is 3.98. The van der Waals surface area contributed by atoms with Crippen molar-refractivity contribution in [1.82, 2.24) is 10.3 Å². The number of anilines is 1. The molecule has 1 aromatic heterocycles. The molecule has 1 heterocycles. The molecule has 1 atom stereocenters. The van der Waals surface area contributed by atoms with Crippen molar-refractivity contribution in [2.45, 2.75) is 19.4 Å². The number of rotatable bonds is 5. The lowest BCUT2D eigenvalue weighted by atomic mass is 10.0. The summed E-state index contributed by atoms with van der Waals surface area (Å²) in [4.78, 5) is 27.3. The first-order chi connectivity index (χ1) is 12.4. The third kappa shape index (κ3) is 4.03. The zero-order valence-corrected chi connectivity index (χ0v) is 14.7. The summed E-state index contributed by atoms with van der Waals surface area (Å²) >= 11 is 5.72. The van der Waals surface area contributed by atoms with Crippen LogP contribution < -0.4 is 10.6 Å². The molecule has 0 spiro atoms. The minimum atomic E-state index is -0.846. The van der Waals surface area contributed by atoms with Crippen LogP contribution in [0.3, 0.4) is 0 Å². The molecule has 26 heavy (non-hydrogen) atoms. The van der Waals surface area contributed by atoms with Crippen LogP contribution in [0.25, 0.3) is 10.9 Å². The summed E-state index contributed by atoms with van der Waals surface area (Å²) in [5.41, 5.74) is 1.83. The zero-order valence-electron chi connectivity index (χ0n) is 14.0. The van der Waals surface area contributed by atoms with Gasteiger partial charge >= 0.3 is 0 Å². The molecule has 134 valence electrons. The number of H-pyrrole nitrogens is 1. The van der Waals surface area contributed by atoms with E-state index in [2.05, 4.69) is 15.6 Å². The molecular formula is C19H17ClFN3O2. The number of para-hydroxylation sites is 1. The first kappa shape index (κ1) is 17.9. The Morgan fingerprint density at radius 3 is 2.73 bits per heavy atom. The van der Waals surface area contributed by atoms with Gasteiger partial charge < -0.3 is 15.6 Å². The normalized spacial score (nSPS) is 12.0. The van der Waals surface area contributed by atoms with Crippen LogP contribution in [0.1, 0.15) is 12.5 Å². The second kappa shape index (κ2) is 7.58. The fourth-order valence-corrected chi connectivity index (χ4v) is 2.94. The Labute approximate surface area is 154 Å². The molecule has 3 N–H and O–H groups in total. The molecule has 3 rings (SSSR count). The van der Waals surface area contributed by atoms with E-state index in [0.717, 1.165) is 22.5 Å². The number of fused-ring (bicyclic) bond motifs is 1. The number of aromatic amines is 1. The van der Waals surface area contributed by atoms with E-state index in [9.17, 15) is 14.0 Å². The lowest BCUT2D eigenvalue weighted by molar-refractivity contribution is -0.125. The number of halogens is 2. The van der Waals surface area contributed by atoms with Gasteiger partial charge in [-0.2, -0.15) is 0 Å². The van der Waals surface area contributed by atoms with Crippen LogP contribution in [0, 0.1) is 5.82 Å². The first-order valence-electron chi connectivity index (χ1n) is 8.02. The Kier molecular flexibility index (Phi) is 5.23. The molecule has 2 aromatic carbocycles. The largest absolute Gasteiger partial charge is 0.361 e. The first-order valence-corrected chi connectivity index (χ1v) is 8.40. The van der Waals surface area contributed by atoms with Gasteiger partial charge in [0.25, 0.3) is 0 Å². The highest BCUT2D eigenvalue weighted by Crippen LogP contribution is 2.21. The van der Waals surface area contributed by atoms with Crippen LogP contribution in [0.2, 0.25) is 5.02 Å². The molecule has 1 unspecified atom stereocenters. The van der Waals surface area contributed by atoms with Gasteiger partial charge in [-0.05, 0) is 29.8 Å². The number of aromatic nitrogens is 1. The SMILES string of the molecule is CC(=O)NC(Cc1c[nH]c2ccccc12)C(=O)Nc1ccc(Cl)cc1F. The van der Waals surface area contributed by atoms with E-state index >= 15 is 0 Å². The molecule has 0 saturated carbocycles.